The molecule has 9 nitrogen and oxygen atoms in total. The number of rotatable bonds is 10. The lowest BCUT2D eigenvalue weighted by atomic mass is 10.1. The molecule has 1 aromatic rings. The number of benzene rings is 1. The van der Waals surface area contributed by atoms with Gasteiger partial charge in [0, 0.05) is 31.7 Å². The quantitative estimate of drug-likeness (QED) is 0.580. The van der Waals surface area contributed by atoms with Crippen molar-refractivity contribution in [2.24, 2.45) is 0 Å². The van der Waals surface area contributed by atoms with Crippen molar-refractivity contribution in [1.82, 2.24) is 14.5 Å². The number of hydrogen-bond acceptors (Lipinski definition) is 7. The molecule has 1 amide bonds. The minimum absolute atomic E-state index is 0.0102. The zero-order valence-electron chi connectivity index (χ0n) is 18.4. The molecule has 0 aliphatic carbocycles. The number of carbonyl (C=O) groups excluding carboxylic acids is 1. The first-order valence-corrected chi connectivity index (χ1v) is 11.6. The van der Waals surface area contributed by atoms with E-state index in [0.717, 1.165) is 13.1 Å². The Balaban J connectivity index is 2.35. The van der Waals surface area contributed by atoms with Crippen molar-refractivity contribution in [2.45, 2.75) is 31.7 Å². The van der Waals surface area contributed by atoms with E-state index >= 15 is 0 Å². The Morgan fingerprint density at radius 2 is 1.83 bits per heavy atom. The van der Waals surface area contributed by atoms with Gasteiger partial charge in [0.15, 0.2) is 11.5 Å². The van der Waals surface area contributed by atoms with E-state index in [1.54, 1.807) is 0 Å². The van der Waals surface area contributed by atoms with Crippen molar-refractivity contribution in [3.05, 3.63) is 17.7 Å². The Labute approximate surface area is 179 Å². The highest BCUT2D eigenvalue weighted by molar-refractivity contribution is 7.89. The maximum Gasteiger partial charge on any atom is 0.255 e. The summed E-state index contributed by atoms with van der Waals surface area (Å²) in [6.45, 7) is 9.53. The molecule has 0 bridgehead atoms. The molecule has 30 heavy (non-hydrogen) atoms. The molecule has 1 N–H and O–H groups in total. The monoisotopic (exact) mass is 443 g/mol. The second-order valence-corrected chi connectivity index (χ2v) is 8.94. The lowest BCUT2D eigenvalue weighted by molar-refractivity contribution is 0.0730. The van der Waals surface area contributed by atoms with Gasteiger partial charge < -0.3 is 19.5 Å². The van der Waals surface area contributed by atoms with Crippen LogP contribution in [0.15, 0.2) is 17.0 Å². The Kier molecular flexibility index (Phi) is 8.90. The molecular formula is C20H33N3O6S. The smallest absolute Gasteiger partial charge is 0.255 e. The van der Waals surface area contributed by atoms with E-state index < -0.39 is 15.9 Å². The third-order valence-electron chi connectivity index (χ3n) is 5.30. The van der Waals surface area contributed by atoms with Gasteiger partial charge in [-0.1, -0.05) is 13.8 Å². The van der Waals surface area contributed by atoms with Crippen LogP contribution in [0.25, 0.3) is 0 Å². The van der Waals surface area contributed by atoms with Crippen molar-refractivity contribution >= 4 is 15.9 Å². The summed E-state index contributed by atoms with van der Waals surface area (Å²) in [5, 5.41) is 2.89. The Hall–Kier alpha value is -1.88. The van der Waals surface area contributed by atoms with Gasteiger partial charge in [-0.2, -0.15) is 4.31 Å². The van der Waals surface area contributed by atoms with Crippen LogP contribution in [-0.4, -0.2) is 89.7 Å². The molecule has 1 aromatic carbocycles. The van der Waals surface area contributed by atoms with E-state index in [9.17, 15) is 13.2 Å². The molecular weight excluding hydrogens is 410 g/mol. The van der Waals surface area contributed by atoms with Crippen LogP contribution >= 0.6 is 0 Å². The standard InChI is InChI=1S/C20H33N3O6S/c1-6-22(7-2)15(3)14-21-20(24)17-12-16(13-18(27-4)19(17)28-5)30(25,26)23-8-10-29-11-9-23/h12-13,15H,6-11,14H2,1-5H3,(H,21,24). The molecule has 1 aliphatic heterocycles. The number of sulfonamides is 1. The average Bonchev–Trinajstić information content (AvgIpc) is 2.77. The van der Waals surface area contributed by atoms with Gasteiger partial charge in [-0.15, -0.1) is 0 Å². The molecule has 1 atom stereocenters. The van der Waals surface area contributed by atoms with Crippen LogP contribution in [0.2, 0.25) is 0 Å². The first-order chi connectivity index (χ1) is 14.3. The molecule has 0 saturated carbocycles. The van der Waals surface area contributed by atoms with Gasteiger partial charge in [0.2, 0.25) is 10.0 Å². The predicted octanol–water partition coefficient (Wildman–Crippen LogP) is 1.18. The van der Waals surface area contributed by atoms with Crippen LogP contribution in [0.3, 0.4) is 0 Å². The number of hydrogen-bond donors (Lipinski definition) is 1. The molecule has 2 rings (SSSR count). The van der Waals surface area contributed by atoms with Crippen LogP contribution in [0.5, 0.6) is 11.5 Å². The van der Waals surface area contributed by atoms with E-state index in [0.29, 0.717) is 19.8 Å². The van der Waals surface area contributed by atoms with Crippen molar-refractivity contribution in [1.29, 1.82) is 0 Å². The number of nitrogens with one attached hydrogen (secondary N) is 1. The highest BCUT2D eigenvalue weighted by Crippen LogP contribution is 2.35. The zero-order chi connectivity index (χ0) is 22.3. The van der Waals surface area contributed by atoms with Gasteiger partial charge in [-0.25, -0.2) is 8.42 Å². The van der Waals surface area contributed by atoms with E-state index in [1.807, 2.05) is 6.92 Å². The van der Waals surface area contributed by atoms with Crippen molar-refractivity contribution in [2.75, 3.05) is 60.2 Å². The maximum atomic E-state index is 13.1. The molecule has 1 aliphatic rings. The second-order valence-electron chi connectivity index (χ2n) is 7.00. The average molecular weight is 444 g/mol. The second kappa shape index (κ2) is 10.9. The molecule has 10 heteroatoms. The molecule has 1 fully saturated rings. The largest absolute Gasteiger partial charge is 0.493 e. The molecule has 1 saturated heterocycles. The zero-order valence-corrected chi connectivity index (χ0v) is 19.3. The van der Waals surface area contributed by atoms with Crippen LogP contribution < -0.4 is 14.8 Å². The number of methoxy groups -OCH3 is 2. The highest BCUT2D eigenvalue weighted by Gasteiger charge is 2.30. The number of nitrogens with zero attached hydrogens (tertiary/aromatic N) is 2. The fraction of sp³-hybridized carbons (Fsp3) is 0.650. The minimum atomic E-state index is -3.80. The molecule has 0 spiro atoms. The van der Waals surface area contributed by atoms with E-state index in [4.69, 9.17) is 14.2 Å². The Bertz CT molecular complexity index is 820. The number of amides is 1. The summed E-state index contributed by atoms with van der Waals surface area (Å²) in [6.07, 6.45) is 0. The first kappa shape index (κ1) is 24.4. The fourth-order valence-electron chi connectivity index (χ4n) is 3.50. The lowest BCUT2D eigenvalue weighted by Gasteiger charge is -2.27. The van der Waals surface area contributed by atoms with Crippen molar-refractivity contribution in [3.63, 3.8) is 0 Å². The van der Waals surface area contributed by atoms with E-state index in [1.165, 1.54) is 30.7 Å². The van der Waals surface area contributed by atoms with Gasteiger partial charge in [-0.05, 0) is 26.1 Å². The summed E-state index contributed by atoms with van der Waals surface area (Å²) >= 11 is 0. The SMILES string of the molecule is CCN(CC)C(C)CNC(=O)c1cc(S(=O)(=O)N2CCOCC2)cc(OC)c1OC. The molecule has 1 unspecified atom stereocenters. The van der Waals surface area contributed by atoms with Crippen molar-refractivity contribution in [3.8, 4) is 11.5 Å². The summed E-state index contributed by atoms with van der Waals surface area (Å²) in [4.78, 5) is 15.2. The maximum absolute atomic E-state index is 13.1. The van der Waals surface area contributed by atoms with Crippen LogP contribution in [0.4, 0.5) is 0 Å². The Morgan fingerprint density at radius 3 is 2.37 bits per heavy atom. The molecule has 0 radical (unpaired) electrons. The van der Waals surface area contributed by atoms with Crippen LogP contribution in [0.1, 0.15) is 31.1 Å². The van der Waals surface area contributed by atoms with E-state index in [-0.39, 0.29) is 41.1 Å². The highest BCUT2D eigenvalue weighted by atomic mass is 32.2. The number of carbonyl (C=O) groups is 1. The lowest BCUT2D eigenvalue weighted by Crippen LogP contribution is -2.42. The predicted molar refractivity (Wildman–Crippen MR) is 114 cm³/mol. The normalized spacial score (nSPS) is 16.3. The van der Waals surface area contributed by atoms with E-state index in [2.05, 4.69) is 24.1 Å². The third-order valence-corrected chi connectivity index (χ3v) is 7.18. The molecule has 0 aromatic heterocycles. The fourth-order valence-corrected chi connectivity index (χ4v) is 4.96. The third kappa shape index (κ3) is 5.42. The van der Waals surface area contributed by atoms with Gasteiger partial charge in [0.1, 0.15) is 0 Å². The summed E-state index contributed by atoms with van der Waals surface area (Å²) in [6, 6.07) is 2.87. The van der Waals surface area contributed by atoms with Gasteiger partial charge in [0.05, 0.1) is 37.9 Å². The topological polar surface area (TPSA) is 97.4 Å². The number of likely N-dealkylation sites (N-methyl/N-ethyl adjacent to an activating group) is 1. The summed E-state index contributed by atoms with van der Waals surface area (Å²) in [5.41, 5.74) is 0.121. The van der Waals surface area contributed by atoms with Crippen molar-refractivity contribution < 1.29 is 27.4 Å². The van der Waals surface area contributed by atoms with Gasteiger partial charge in [0.25, 0.3) is 5.91 Å². The van der Waals surface area contributed by atoms with Gasteiger partial charge >= 0.3 is 0 Å². The summed E-state index contributed by atoms with van der Waals surface area (Å²) in [7, 11) is -0.969. The summed E-state index contributed by atoms with van der Waals surface area (Å²) in [5.74, 6) is -0.0246. The summed E-state index contributed by atoms with van der Waals surface area (Å²) < 4.78 is 43.5. The first-order valence-electron chi connectivity index (χ1n) is 10.2. The molecule has 1 heterocycles. The number of morpholine rings is 1. The van der Waals surface area contributed by atoms with Gasteiger partial charge in [-0.3, -0.25) is 9.69 Å². The number of ether oxygens (including phenoxy) is 3. The Morgan fingerprint density at radius 1 is 1.20 bits per heavy atom. The minimum Gasteiger partial charge on any atom is -0.493 e. The molecule has 170 valence electrons. The van der Waals surface area contributed by atoms with Crippen LogP contribution in [0, 0.1) is 0 Å². The van der Waals surface area contributed by atoms with Crippen LogP contribution in [-0.2, 0) is 14.8 Å².